The Morgan fingerprint density at radius 2 is 2.27 bits per heavy atom. The number of hydrogen-bond donors (Lipinski definition) is 1. The van der Waals surface area contributed by atoms with Gasteiger partial charge in [0, 0.05) is 37.6 Å². The second-order valence-corrected chi connectivity index (χ2v) is 6.61. The van der Waals surface area contributed by atoms with Gasteiger partial charge in [0.2, 0.25) is 0 Å². The van der Waals surface area contributed by atoms with Crippen LogP contribution in [0.2, 0.25) is 0 Å². The first kappa shape index (κ1) is 16.3. The summed E-state index contributed by atoms with van der Waals surface area (Å²) in [6.45, 7) is 3.92. The molecule has 1 aliphatic heterocycles. The van der Waals surface area contributed by atoms with Crippen molar-refractivity contribution in [2.24, 2.45) is 0 Å². The predicted octanol–water partition coefficient (Wildman–Crippen LogP) is 2.50. The van der Waals surface area contributed by atoms with Crippen LogP contribution in [0.3, 0.4) is 0 Å². The smallest absolute Gasteiger partial charge is 0.186 e. The van der Waals surface area contributed by atoms with Gasteiger partial charge in [0.15, 0.2) is 5.65 Å². The van der Waals surface area contributed by atoms with E-state index < -0.39 is 0 Å². The van der Waals surface area contributed by atoms with E-state index in [1.807, 2.05) is 18.2 Å². The number of H-pyrrole nitrogens is 1. The van der Waals surface area contributed by atoms with Crippen molar-refractivity contribution in [2.45, 2.75) is 25.8 Å². The summed E-state index contributed by atoms with van der Waals surface area (Å²) in [4.78, 5) is 13.4. The lowest BCUT2D eigenvalue weighted by molar-refractivity contribution is 0.692. The van der Waals surface area contributed by atoms with E-state index in [0.717, 1.165) is 54.2 Å². The number of nitrogens with zero attached hydrogens (tertiary/aromatic N) is 6. The van der Waals surface area contributed by atoms with E-state index >= 15 is 0 Å². The summed E-state index contributed by atoms with van der Waals surface area (Å²) < 4.78 is 0. The highest BCUT2D eigenvalue weighted by molar-refractivity contribution is 5.89. The van der Waals surface area contributed by atoms with Crippen LogP contribution < -0.4 is 9.80 Å². The van der Waals surface area contributed by atoms with Crippen molar-refractivity contribution >= 4 is 22.5 Å². The van der Waals surface area contributed by atoms with Gasteiger partial charge < -0.3 is 9.80 Å². The highest BCUT2D eigenvalue weighted by Crippen LogP contribution is 2.30. The number of rotatable bonds is 4. The quantitative estimate of drug-likeness (QED) is 0.780. The Kier molecular flexibility index (Phi) is 4.17. The van der Waals surface area contributed by atoms with Crippen LogP contribution >= 0.6 is 0 Å². The van der Waals surface area contributed by atoms with Gasteiger partial charge in [-0.3, -0.25) is 5.10 Å². The highest BCUT2D eigenvalue weighted by atomic mass is 15.3. The van der Waals surface area contributed by atoms with E-state index in [-0.39, 0.29) is 0 Å². The van der Waals surface area contributed by atoms with Gasteiger partial charge in [-0.15, -0.1) is 0 Å². The van der Waals surface area contributed by atoms with Crippen LogP contribution in [0.25, 0.3) is 11.0 Å². The number of aromatic nitrogens is 4. The minimum absolute atomic E-state index is 0.367. The summed E-state index contributed by atoms with van der Waals surface area (Å²) in [6, 6.07) is 10.3. The Hall–Kier alpha value is -3.14. The number of hydrogen-bond acceptors (Lipinski definition) is 6. The minimum Gasteiger partial charge on any atom is -0.370 e. The number of nitriles is 1. The maximum atomic E-state index is 9.13. The summed E-state index contributed by atoms with van der Waals surface area (Å²) >= 11 is 0. The molecule has 0 amide bonds. The zero-order valence-corrected chi connectivity index (χ0v) is 15.0. The van der Waals surface area contributed by atoms with Gasteiger partial charge in [-0.05, 0) is 31.0 Å². The topological polar surface area (TPSA) is 84.7 Å². The zero-order valence-electron chi connectivity index (χ0n) is 15.0. The molecule has 1 unspecified atom stereocenters. The lowest BCUT2D eigenvalue weighted by atomic mass is 10.1. The van der Waals surface area contributed by atoms with Crippen LogP contribution in [0.1, 0.15) is 24.6 Å². The van der Waals surface area contributed by atoms with Crippen molar-refractivity contribution in [2.75, 3.05) is 29.9 Å². The second kappa shape index (κ2) is 6.64. The Bertz CT molecular complexity index is 971. The highest BCUT2D eigenvalue weighted by Gasteiger charge is 2.29. The number of likely N-dealkylation sites (N-methyl/N-ethyl adjacent to an activating group) is 1. The Morgan fingerprint density at radius 3 is 3.08 bits per heavy atom. The van der Waals surface area contributed by atoms with Crippen LogP contribution in [0.15, 0.2) is 30.6 Å². The zero-order chi connectivity index (χ0) is 18.1. The summed E-state index contributed by atoms with van der Waals surface area (Å²) in [5, 5.41) is 17.5. The molecule has 2 aromatic heterocycles. The molecule has 0 radical (unpaired) electrons. The SMILES string of the molecule is CCc1[nH]nc2ncnc(N3CCC(N(C)c4cccc(C#N)c4)C3)c12. The van der Waals surface area contributed by atoms with Crippen LogP contribution in [0.5, 0.6) is 0 Å². The fourth-order valence-corrected chi connectivity index (χ4v) is 3.65. The average Bonchev–Trinajstić information content (AvgIpc) is 3.34. The van der Waals surface area contributed by atoms with Gasteiger partial charge in [0.1, 0.15) is 12.1 Å². The largest absolute Gasteiger partial charge is 0.370 e. The number of anilines is 2. The minimum atomic E-state index is 0.367. The molecule has 1 fully saturated rings. The van der Waals surface area contributed by atoms with Crippen molar-refractivity contribution in [3.8, 4) is 6.07 Å². The Labute approximate surface area is 152 Å². The van der Waals surface area contributed by atoms with Crippen molar-refractivity contribution in [1.29, 1.82) is 5.26 Å². The van der Waals surface area contributed by atoms with Crippen molar-refractivity contribution in [3.05, 3.63) is 41.9 Å². The summed E-state index contributed by atoms with van der Waals surface area (Å²) in [5.74, 6) is 0.960. The Morgan fingerprint density at radius 1 is 1.38 bits per heavy atom. The molecule has 1 N–H and O–H groups in total. The lowest BCUT2D eigenvalue weighted by Crippen LogP contribution is -2.34. The van der Waals surface area contributed by atoms with Crippen molar-refractivity contribution < 1.29 is 0 Å². The number of nitrogens with one attached hydrogen (secondary N) is 1. The molecule has 3 aromatic rings. The van der Waals surface area contributed by atoms with E-state index in [1.54, 1.807) is 6.33 Å². The summed E-state index contributed by atoms with van der Waals surface area (Å²) in [5.41, 5.74) is 3.56. The van der Waals surface area contributed by atoms with Crippen LogP contribution in [-0.4, -0.2) is 46.3 Å². The molecule has 7 nitrogen and oxygen atoms in total. The molecule has 0 saturated carbocycles. The molecule has 7 heteroatoms. The molecular formula is C19H21N7. The molecule has 0 spiro atoms. The first-order valence-corrected chi connectivity index (χ1v) is 8.87. The molecule has 26 heavy (non-hydrogen) atoms. The Balaban J connectivity index is 1.59. The summed E-state index contributed by atoms with van der Waals surface area (Å²) in [6.07, 6.45) is 3.50. The second-order valence-electron chi connectivity index (χ2n) is 6.61. The molecule has 0 bridgehead atoms. The van der Waals surface area contributed by atoms with Gasteiger partial charge in [0.25, 0.3) is 0 Å². The molecule has 1 saturated heterocycles. The molecule has 3 heterocycles. The third-order valence-corrected chi connectivity index (χ3v) is 5.15. The molecule has 0 aliphatic carbocycles. The number of fused-ring (bicyclic) bond motifs is 1. The van der Waals surface area contributed by atoms with Gasteiger partial charge in [0.05, 0.1) is 17.0 Å². The monoisotopic (exact) mass is 347 g/mol. The van der Waals surface area contributed by atoms with E-state index in [4.69, 9.17) is 5.26 Å². The third-order valence-electron chi connectivity index (χ3n) is 5.15. The van der Waals surface area contributed by atoms with E-state index in [0.29, 0.717) is 11.6 Å². The molecular weight excluding hydrogens is 326 g/mol. The average molecular weight is 347 g/mol. The first-order valence-electron chi connectivity index (χ1n) is 8.87. The van der Waals surface area contributed by atoms with Crippen LogP contribution in [0, 0.1) is 11.3 Å². The molecule has 132 valence electrons. The van der Waals surface area contributed by atoms with Crippen molar-refractivity contribution in [1.82, 2.24) is 20.2 Å². The maximum absolute atomic E-state index is 9.13. The normalized spacial score (nSPS) is 16.8. The van der Waals surface area contributed by atoms with Gasteiger partial charge in [-0.2, -0.15) is 10.4 Å². The number of benzene rings is 1. The first-order chi connectivity index (χ1) is 12.7. The lowest BCUT2D eigenvalue weighted by Gasteiger charge is -2.27. The summed E-state index contributed by atoms with van der Waals surface area (Å²) in [7, 11) is 2.09. The fraction of sp³-hybridized carbons (Fsp3) is 0.368. The maximum Gasteiger partial charge on any atom is 0.186 e. The van der Waals surface area contributed by atoms with Crippen LogP contribution in [0.4, 0.5) is 11.5 Å². The van der Waals surface area contributed by atoms with Crippen LogP contribution in [-0.2, 0) is 6.42 Å². The van der Waals surface area contributed by atoms with E-state index in [9.17, 15) is 0 Å². The predicted molar refractivity (Wildman–Crippen MR) is 101 cm³/mol. The van der Waals surface area contributed by atoms with Crippen molar-refractivity contribution in [3.63, 3.8) is 0 Å². The molecule has 1 aliphatic rings. The van der Waals surface area contributed by atoms with Gasteiger partial charge >= 0.3 is 0 Å². The van der Waals surface area contributed by atoms with Gasteiger partial charge in [-0.1, -0.05) is 13.0 Å². The van der Waals surface area contributed by atoms with E-state index in [2.05, 4.69) is 56.1 Å². The molecule has 1 atom stereocenters. The van der Waals surface area contributed by atoms with E-state index in [1.165, 1.54) is 0 Å². The standard InChI is InChI=1S/C19H21N7/c1-3-16-17-18(24-23-16)21-12-22-19(17)26-8-7-15(11-26)25(2)14-6-4-5-13(9-14)10-20/h4-6,9,12,15H,3,7-8,11H2,1-2H3,(H,21,22,23,24). The fourth-order valence-electron chi connectivity index (χ4n) is 3.65. The third kappa shape index (κ3) is 2.73. The molecule has 1 aromatic carbocycles. The molecule has 4 rings (SSSR count). The number of aromatic amines is 1. The number of aryl methyl sites for hydroxylation is 1. The van der Waals surface area contributed by atoms with Gasteiger partial charge in [-0.25, -0.2) is 9.97 Å².